The van der Waals surface area contributed by atoms with Gasteiger partial charge in [-0.1, -0.05) is 0 Å². The molecule has 25 heavy (non-hydrogen) atoms. The molecule has 1 aromatic carbocycles. The molecule has 1 N–H and O–H groups in total. The molecule has 3 rings (SSSR count). The number of carbonyl (C=O) groups excluding carboxylic acids is 2. The van der Waals surface area contributed by atoms with Crippen LogP contribution in [0.1, 0.15) is 31.2 Å². The molecule has 0 spiro atoms. The fraction of sp³-hybridized carbons (Fsp3) is 0.529. The molecule has 0 aliphatic carbocycles. The Morgan fingerprint density at radius 2 is 1.92 bits per heavy atom. The molecule has 0 unspecified atom stereocenters. The van der Waals surface area contributed by atoms with Gasteiger partial charge >= 0.3 is 0 Å². The third kappa shape index (κ3) is 3.85. The molecule has 0 atom stereocenters. The summed E-state index contributed by atoms with van der Waals surface area (Å²) in [6.45, 7) is 1.24. The van der Waals surface area contributed by atoms with Gasteiger partial charge in [0, 0.05) is 32.2 Å². The first-order chi connectivity index (χ1) is 11.9. The topological polar surface area (TPSA) is 86.8 Å². The molecule has 136 valence electrons. The molecule has 1 aromatic rings. The molecule has 2 aliphatic rings. The minimum absolute atomic E-state index is 0.0531. The third-order valence-corrected chi connectivity index (χ3v) is 6.53. The fourth-order valence-corrected chi connectivity index (χ4v) is 4.40. The van der Waals surface area contributed by atoms with Gasteiger partial charge in [0.1, 0.15) is 0 Å². The van der Waals surface area contributed by atoms with Crippen molar-refractivity contribution >= 4 is 27.5 Å². The molecule has 2 heterocycles. The number of likely N-dealkylation sites (N-methyl/N-ethyl adjacent to an activating group) is 1. The minimum atomic E-state index is -3.75. The maximum Gasteiger partial charge on any atom is 0.243 e. The van der Waals surface area contributed by atoms with E-state index in [2.05, 4.69) is 5.32 Å². The van der Waals surface area contributed by atoms with Crippen LogP contribution in [0.2, 0.25) is 0 Å². The first kappa shape index (κ1) is 17.9. The van der Waals surface area contributed by atoms with E-state index in [0.717, 1.165) is 22.7 Å². The Hall–Kier alpha value is -1.93. The van der Waals surface area contributed by atoms with Crippen LogP contribution in [0.4, 0.5) is 5.69 Å². The molecule has 2 aliphatic heterocycles. The number of rotatable bonds is 4. The number of nitrogens with one attached hydrogen (secondary N) is 1. The summed E-state index contributed by atoms with van der Waals surface area (Å²) in [5.74, 6) is -0.215. The van der Waals surface area contributed by atoms with Crippen molar-refractivity contribution in [1.82, 2.24) is 9.21 Å². The van der Waals surface area contributed by atoms with Crippen LogP contribution in [0.3, 0.4) is 0 Å². The standard InChI is InChI=1S/C17H23N3O4S/c1-19(12-17(22)20-9-2-3-10-20)25(23,24)14-7-8-15-13(11-14)5-4-6-16(21)18-15/h7-8,11H,2-6,9-10,12H2,1H3,(H,18,21). The van der Waals surface area contributed by atoms with E-state index in [1.807, 2.05) is 0 Å². The Morgan fingerprint density at radius 1 is 1.20 bits per heavy atom. The second-order valence-corrected chi connectivity index (χ2v) is 8.61. The molecule has 1 fully saturated rings. The number of fused-ring (bicyclic) bond motifs is 1. The largest absolute Gasteiger partial charge is 0.342 e. The molecule has 1 saturated heterocycles. The Balaban J connectivity index is 1.78. The van der Waals surface area contributed by atoms with E-state index in [1.54, 1.807) is 17.0 Å². The lowest BCUT2D eigenvalue weighted by molar-refractivity contribution is -0.130. The first-order valence-corrected chi connectivity index (χ1v) is 9.99. The van der Waals surface area contributed by atoms with Gasteiger partial charge in [0.05, 0.1) is 11.4 Å². The highest BCUT2D eigenvalue weighted by Gasteiger charge is 2.27. The smallest absolute Gasteiger partial charge is 0.243 e. The lowest BCUT2D eigenvalue weighted by Crippen LogP contribution is -2.39. The molecule has 0 saturated carbocycles. The van der Waals surface area contributed by atoms with Crippen LogP contribution in [-0.2, 0) is 26.0 Å². The highest BCUT2D eigenvalue weighted by molar-refractivity contribution is 7.89. The molecule has 7 nitrogen and oxygen atoms in total. The van der Waals surface area contributed by atoms with E-state index < -0.39 is 10.0 Å². The molecule has 8 heteroatoms. The van der Waals surface area contributed by atoms with Gasteiger partial charge in [0.25, 0.3) is 0 Å². The van der Waals surface area contributed by atoms with Gasteiger partial charge in [-0.2, -0.15) is 4.31 Å². The van der Waals surface area contributed by atoms with E-state index in [1.165, 1.54) is 13.1 Å². The summed E-state index contributed by atoms with van der Waals surface area (Å²) in [5.41, 5.74) is 1.48. The van der Waals surface area contributed by atoms with Crippen molar-refractivity contribution in [3.8, 4) is 0 Å². The first-order valence-electron chi connectivity index (χ1n) is 8.55. The average molecular weight is 365 g/mol. The van der Waals surface area contributed by atoms with Crippen LogP contribution in [0.25, 0.3) is 0 Å². The Labute approximate surface area is 148 Å². The number of hydrogen-bond acceptors (Lipinski definition) is 4. The molecular weight excluding hydrogens is 342 g/mol. The van der Waals surface area contributed by atoms with Gasteiger partial charge in [0.2, 0.25) is 21.8 Å². The normalized spacial score (nSPS) is 18.0. The fourth-order valence-electron chi connectivity index (χ4n) is 3.23. The lowest BCUT2D eigenvalue weighted by atomic mass is 10.1. The zero-order valence-corrected chi connectivity index (χ0v) is 15.1. The maximum absolute atomic E-state index is 12.8. The van der Waals surface area contributed by atoms with Gasteiger partial charge in [-0.05, 0) is 49.4 Å². The van der Waals surface area contributed by atoms with Crippen molar-refractivity contribution in [2.75, 3.05) is 32.0 Å². The molecule has 0 aromatic heterocycles. The molecule has 2 amide bonds. The van der Waals surface area contributed by atoms with E-state index in [0.29, 0.717) is 38.0 Å². The number of likely N-dealkylation sites (tertiary alicyclic amines) is 1. The minimum Gasteiger partial charge on any atom is -0.342 e. The van der Waals surface area contributed by atoms with Crippen LogP contribution >= 0.6 is 0 Å². The van der Waals surface area contributed by atoms with Crippen molar-refractivity contribution < 1.29 is 18.0 Å². The highest BCUT2D eigenvalue weighted by Crippen LogP contribution is 2.26. The van der Waals surface area contributed by atoms with Crippen LogP contribution in [-0.4, -0.2) is 56.1 Å². The summed E-state index contributed by atoms with van der Waals surface area (Å²) >= 11 is 0. The number of anilines is 1. The second-order valence-electron chi connectivity index (χ2n) is 6.57. The van der Waals surface area contributed by atoms with Crippen molar-refractivity contribution in [3.63, 3.8) is 0 Å². The van der Waals surface area contributed by atoms with Crippen LogP contribution in [0.5, 0.6) is 0 Å². The van der Waals surface area contributed by atoms with E-state index in [-0.39, 0.29) is 23.3 Å². The van der Waals surface area contributed by atoms with Crippen LogP contribution in [0.15, 0.2) is 23.1 Å². The zero-order valence-electron chi connectivity index (χ0n) is 14.3. The number of aryl methyl sites for hydroxylation is 1. The number of nitrogens with zero attached hydrogens (tertiary/aromatic N) is 2. The van der Waals surface area contributed by atoms with Crippen molar-refractivity contribution in [2.24, 2.45) is 0 Å². The van der Waals surface area contributed by atoms with Crippen molar-refractivity contribution in [1.29, 1.82) is 0 Å². The number of amides is 2. The van der Waals surface area contributed by atoms with Crippen molar-refractivity contribution in [3.05, 3.63) is 23.8 Å². The SMILES string of the molecule is CN(CC(=O)N1CCCC1)S(=O)(=O)c1ccc2c(c1)CCCC(=O)N2. The quantitative estimate of drug-likeness (QED) is 0.869. The Morgan fingerprint density at radius 3 is 2.64 bits per heavy atom. The van der Waals surface area contributed by atoms with E-state index in [4.69, 9.17) is 0 Å². The molecular formula is C17H23N3O4S. The zero-order chi connectivity index (χ0) is 18.0. The summed E-state index contributed by atoms with van der Waals surface area (Å²) in [5, 5.41) is 2.79. The van der Waals surface area contributed by atoms with Gasteiger partial charge < -0.3 is 10.2 Å². The summed E-state index contributed by atoms with van der Waals surface area (Å²) < 4.78 is 26.7. The molecule has 0 bridgehead atoms. The monoisotopic (exact) mass is 365 g/mol. The molecule has 0 radical (unpaired) electrons. The summed E-state index contributed by atoms with van der Waals surface area (Å²) in [6, 6.07) is 4.71. The van der Waals surface area contributed by atoms with Crippen LogP contribution in [0, 0.1) is 0 Å². The Kier molecular flexibility index (Phi) is 5.10. The second kappa shape index (κ2) is 7.13. The maximum atomic E-state index is 12.8. The Bertz CT molecular complexity index is 785. The third-order valence-electron chi connectivity index (χ3n) is 4.73. The van der Waals surface area contributed by atoms with Gasteiger partial charge in [-0.3, -0.25) is 9.59 Å². The number of benzene rings is 1. The average Bonchev–Trinajstić information content (AvgIpc) is 3.04. The highest BCUT2D eigenvalue weighted by atomic mass is 32.2. The van der Waals surface area contributed by atoms with Crippen molar-refractivity contribution in [2.45, 2.75) is 37.0 Å². The number of sulfonamides is 1. The van der Waals surface area contributed by atoms with Crippen LogP contribution < -0.4 is 5.32 Å². The van der Waals surface area contributed by atoms with Gasteiger partial charge in [0.15, 0.2) is 0 Å². The van der Waals surface area contributed by atoms with Gasteiger partial charge in [-0.15, -0.1) is 0 Å². The summed E-state index contributed by atoms with van der Waals surface area (Å²) in [6.07, 6.45) is 3.71. The van der Waals surface area contributed by atoms with Gasteiger partial charge in [-0.25, -0.2) is 8.42 Å². The summed E-state index contributed by atoms with van der Waals surface area (Å²) in [4.78, 5) is 25.7. The predicted octanol–water partition coefficient (Wildman–Crippen LogP) is 1.20. The predicted molar refractivity (Wildman–Crippen MR) is 93.6 cm³/mol. The number of hydrogen-bond donors (Lipinski definition) is 1. The number of carbonyl (C=O) groups is 2. The summed E-state index contributed by atoms with van der Waals surface area (Å²) in [7, 11) is -2.32. The lowest BCUT2D eigenvalue weighted by Gasteiger charge is -2.21. The van der Waals surface area contributed by atoms with E-state index >= 15 is 0 Å². The van der Waals surface area contributed by atoms with E-state index in [9.17, 15) is 18.0 Å².